The first-order valence-corrected chi connectivity index (χ1v) is 7.35. The van der Waals surface area contributed by atoms with Crippen molar-refractivity contribution >= 4 is 11.9 Å². The van der Waals surface area contributed by atoms with Crippen LogP contribution in [0.1, 0.15) is 36.0 Å². The Labute approximate surface area is 122 Å². The Hall–Kier alpha value is -1.82. The van der Waals surface area contributed by atoms with Crippen LogP contribution in [0.25, 0.3) is 0 Å². The highest BCUT2D eigenvalue weighted by Crippen LogP contribution is 2.32. The van der Waals surface area contributed by atoms with Gasteiger partial charge in [0.25, 0.3) is 5.91 Å². The molecule has 21 heavy (non-hydrogen) atoms. The summed E-state index contributed by atoms with van der Waals surface area (Å²) in [7, 11) is 0. The van der Waals surface area contributed by atoms with Crippen LogP contribution >= 0.6 is 0 Å². The van der Waals surface area contributed by atoms with Gasteiger partial charge in [-0.05, 0) is 37.7 Å². The van der Waals surface area contributed by atoms with Crippen molar-refractivity contribution in [3.05, 3.63) is 24.2 Å². The van der Waals surface area contributed by atoms with Gasteiger partial charge in [0.05, 0.1) is 17.9 Å². The normalized spacial score (nSPS) is 27.0. The van der Waals surface area contributed by atoms with Crippen LogP contribution in [0, 0.1) is 5.92 Å². The van der Waals surface area contributed by atoms with Gasteiger partial charge in [0, 0.05) is 13.1 Å². The van der Waals surface area contributed by atoms with Crippen molar-refractivity contribution in [2.24, 2.45) is 5.92 Å². The van der Waals surface area contributed by atoms with Crippen LogP contribution in [0.5, 0.6) is 0 Å². The lowest BCUT2D eigenvalue weighted by atomic mass is 9.89. The Balaban J connectivity index is 1.52. The minimum Gasteiger partial charge on any atom is -0.479 e. The van der Waals surface area contributed by atoms with Crippen molar-refractivity contribution in [2.45, 2.75) is 37.9 Å². The van der Waals surface area contributed by atoms with Crippen LogP contribution in [0.3, 0.4) is 0 Å². The number of rotatable bonds is 3. The SMILES string of the molecule is O=C(O)[C@H]1CC[C@@H](C2CCN(C(=O)c3ccoc3)CC2)O1. The van der Waals surface area contributed by atoms with Crippen LogP contribution in [0.2, 0.25) is 0 Å². The van der Waals surface area contributed by atoms with Crippen LogP contribution < -0.4 is 0 Å². The topological polar surface area (TPSA) is 80.0 Å². The lowest BCUT2D eigenvalue weighted by Crippen LogP contribution is -2.41. The van der Waals surface area contributed by atoms with Gasteiger partial charge in [0.15, 0.2) is 6.10 Å². The minimum atomic E-state index is -0.870. The fourth-order valence-corrected chi connectivity index (χ4v) is 3.23. The summed E-state index contributed by atoms with van der Waals surface area (Å²) in [6.45, 7) is 1.37. The van der Waals surface area contributed by atoms with Gasteiger partial charge < -0.3 is 19.2 Å². The number of carboxylic acid groups (broad SMARTS) is 1. The molecule has 0 aliphatic carbocycles. The summed E-state index contributed by atoms with van der Waals surface area (Å²) in [5, 5.41) is 8.96. The number of likely N-dealkylation sites (tertiary alicyclic amines) is 1. The maximum atomic E-state index is 12.2. The molecule has 0 saturated carbocycles. The van der Waals surface area contributed by atoms with Gasteiger partial charge in [-0.3, -0.25) is 4.79 Å². The van der Waals surface area contributed by atoms with E-state index in [0.29, 0.717) is 31.0 Å². The Kier molecular flexibility index (Phi) is 3.96. The maximum absolute atomic E-state index is 12.2. The largest absolute Gasteiger partial charge is 0.479 e. The third-order valence-electron chi connectivity index (χ3n) is 4.45. The molecule has 2 aliphatic heterocycles. The highest BCUT2D eigenvalue weighted by Gasteiger charge is 2.37. The van der Waals surface area contributed by atoms with Crippen molar-refractivity contribution in [2.75, 3.05) is 13.1 Å². The second-order valence-corrected chi connectivity index (χ2v) is 5.72. The molecule has 3 rings (SSSR count). The molecule has 114 valence electrons. The molecule has 0 unspecified atom stereocenters. The molecule has 1 aromatic rings. The standard InChI is InChI=1S/C15H19NO5/c17-14(11-5-8-20-9-11)16-6-3-10(4-7-16)12-1-2-13(21-12)15(18)19/h5,8-10,12-13H,1-4,6-7H2,(H,18,19)/t12-,13+/m0/s1. The zero-order valence-corrected chi connectivity index (χ0v) is 11.7. The molecule has 2 fully saturated rings. The van der Waals surface area contributed by atoms with E-state index in [0.717, 1.165) is 19.3 Å². The Morgan fingerprint density at radius 3 is 2.52 bits per heavy atom. The van der Waals surface area contributed by atoms with Gasteiger partial charge in [-0.25, -0.2) is 4.79 Å². The molecule has 2 atom stereocenters. The number of carbonyl (C=O) groups is 2. The van der Waals surface area contributed by atoms with Gasteiger partial charge in [-0.15, -0.1) is 0 Å². The van der Waals surface area contributed by atoms with Crippen molar-refractivity contribution in [3.63, 3.8) is 0 Å². The molecule has 0 aromatic carbocycles. The van der Waals surface area contributed by atoms with E-state index < -0.39 is 12.1 Å². The fourth-order valence-electron chi connectivity index (χ4n) is 3.23. The predicted octanol–water partition coefficient (Wildman–Crippen LogP) is 1.76. The third-order valence-corrected chi connectivity index (χ3v) is 4.45. The summed E-state index contributed by atoms with van der Waals surface area (Å²) in [5.41, 5.74) is 0.580. The molecule has 1 amide bonds. The summed E-state index contributed by atoms with van der Waals surface area (Å²) < 4.78 is 10.6. The first-order chi connectivity index (χ1) is 10.1. The monoisotopic (exact) mass is 293 g/mol. The van der Waals surface area contributed by atoms with E-state index in [1.807, 2.05) is 4.90 Å². The molecule has 2 saturated heterocycles. The van der Waals surface area contributed by atoms with Crippen LogP contribution in [-0.4, -0.2) is 47.2 Å². The second-order valence-electron chi connectivity index (χ2n) is 5.72. The van der Waals surface area contributed by atoms with E-state index >= 15 is 0 Å². The summed E-state index contributed by atoms with van der Waals surface area (Å²) in [6, 6.07) is 1.67. The number of nitrogens with zero attached hydrogens (tertiary/aromatic N) is 1. The number of piperidine rings is 1. The molecule has 0 spiro atoms. The number of carboxylic acids is 1. The highest BCUT2D eigenvalue weighted by molar-refractivity contribution is 5.93. The number of hydrogen-bond acceptors (Lipinski definition) is 4. The molecule has 0 radical (unpaired) electrons. The fraction of sp³-hybridized carbons (Fsp3) is 0.600. The number of amides is 1. The zero-order valence-electron chi connectivity index (χ0n) is 11.7. The van der Waals surface area contributed by atoms with Gasteiger partial charge >= 0.3 is 5.97 Å². The lowest BCUT2D eigenvalue weighted by Gasteiger charge is -2.34. The van der Waals surface area contributed by atoms with Crippen molar-refractivity contribution in [1.82, 2.24) is 4.90 Å². The number of furan rings is 1. The summed E-state index contributed by atoms with van der Waals surface area (Å²) in [4.78, 5) is 24.9. The van der Waals surface area contributed by atoms with Crippen molar-refractivity contribution in [3.8, 4) is 0 Å². The molecule has 0 bridgehead atoms. The minimum absolute atomic E-state index is 0.00190. The average molecular weight is 293 g/mol. The molecule has 1 aromatic heterocycles. The Bertz CT molecular complexity index is 504. The van der Waals surface area contributed by atoms with E-state index in [2.05, 4.69) is 0 Å². The van der Waals surface area contributed by atoms with E-state index in [4.69, 9.17) is 14.3 Å². The molecular formula is C15H19NO5. The van der Waals surface area contributed by atoms with Crippen molar-refractivity contribution in [1.29, 1.82) is 0 Å². The van der Waals surface area contributed by atoms with E-state index in [1.165, 1.54) is 12.5 Å². The van der Waals surface area contributed by atoms with Gasteiger partial charge in [0.1, 0.15) is 6.26 Å². The maximum Gasteiger partial charge on any atom is 0.332 e. The molecular weight excluding hydrogens is 274 g/mol. The van der Waals surface area contributed by atoms with Crippen LogP contribution in [0.4, 0.5) is 0 Å². The number of aliphatic carboxylic acids is 1. The van der Waals surface area contributed by atoms with Crippen LogP contribution in [0.15, 0.2) is 23.0 Å². The van der Waals surface area contributed by atoms with E-state index in [9.17, 15) is 9.59 Å². The molecule has 6 heteroatoms. The first-order valence-electron chi connectivity index (χ1n) is 7.35. The van der Waals surface area contributed by atoms with Gasteiger partial charge in [-0.2, -0.15) is 0 Å². The summed E-state index contributed by atoms with van der Waals surface area (Å²) in [5.74, 6) is -0.522. The second kappa shape index (κ2) is 5.89. The molecule has 1 N–H and O–H groups in total. The van der Waals surface area contributed by atoms with E-state index in [-0.39, 0.29) is 12.0 Å². The van der Waals surface area contributed by atoms with E-state index in [1.54, 1.807) is 6.07 Å². The highest BCUT2D eigenvalue weighted by atomic mass is 16.5. The number of carbonyl (C=O) groups excluding carboxylic acids is 1. The Morgan fingerprint density at radius 1 is 1.19 bits per heavy atom. The molecule has 6 nitrogen and oxygen atoms in total. The summed E-state index contributed by atoms with van der Waals surface area (Å²) in [6.07, 6.45) is 5.45. The Morgan fingerprint density at radius 2 is 1.95 bits per heavy atom. The lowest BCUT2D eigenvalue weighted by molar-refractivity contribution is -0.150. The first kappa shape index (κ1) is 14.1. The average Bonchev–Trinajstić information content (AvgIpc) is 3.18. The number of hydrogen-bond donors (Lipinski definition) is 1. The molecule has 3 heterocycles. The zero-order chi connectivity index (χ0) is 14.8. The van der Waals surface area contributed by atoms with Gasteiger partial charge in [-0.1, -0.05) is 0 Å². The molecule has 2 aliphatic rings. The van der Waals surface area contributed by atoms with Crippen molar-refractivity contribution < 1.29 is 23.8 Å². The smallest absolute Gasteiger partial charge is 0.332 e. The summed E-state index contributed by atoms with van der Waals surface area (Å²) >= 11 is 0. The quantitative estimate of drug-likeness (QED) is 0.918. The third kappa shape index (κ3) is 2.95. The van der Waals surface area contributed by atoms with Crippen LogP contribution in [-0.2, 0) is 9.53 Å². The predicted molar refractivity (Wildman–Crippen MR) is 72.9 cm³/mol. The van der Waals surface area contributed by atoms with Gasteiger partial charge in [0.2, 0.25) is 0 Å². The number of ether oxygens (including phenoxy) is 1.